The van der Waals surface area contributed by atoms with E-state index in [1.54, 1.807) is 31.0 Å². The lowest BCUT2D eigenvalue weighted by atomic mass is 9.69. The van der Waals surface area contributed by atoms with Crippen LogP contribution in [0, 0.1) is 11.7 Å². The van der Waals surface area contributed by atoms with Crippen molar-refractivity contribution < 1.29 is 14.0 Å². The second-order valence-electron chi connectivity index (χ2n) is 11.3. The highest BCUT2D eigenvalue weighted by Crippen LogP contribution is 2.36. The number of hydrogen-bond acceptors (Lipinski definition) is 3. The number of nitrogens with one attached hydrogen (secondary N) is 1. The monoisotopic (exact) mass is 546 g/mol. The van der Waals surface area contributed by atoms with Gasteiger partial charge in [-0.1, -0.05) is 56.4 Å². The number of halogens is 1. The zero-order valence-electron chi connectivity index (χ0n) is 23.9. The van der Waals surface area contributed by atoms with Crippen LogP contribution in [0.15, 0.2) is 91.3 Å². The lowest BCUT2D eigenvalue weighted by Gasteiger charge is -2.34. The van der Waals surface area contributed by atoms with E-state index >= 15 is 0 Å². The predicted octanol–water partition coefficient (Wildman–Crippen LogP) is 5.95. The Balaban J connectivity index is 0.000000423. The number of rotatable bonds is 3. The normalized spacial score (nSPS) is 17.1. The van der Waals surface area contributed by atoms with Crippen LogP contribution in [0.4, 0.5) is 10.1 Å². The third kappa shape index (κ3) is 5.85. The van der Waals surface area contributed by atoms with Crippen LogP contribution in [0.25, 0.3) is 23.3 Å². The van der Waals surface area contributed by atoms with Gasteiger partial charge in [-0.25, -0.2) is 4.39 Å². The molecule has 3 aromatic carbocycles. The van der Waals surface area contributed by atoms with Gasteiger partial charge < -0.3 is 10.2 Å². The van der Waals surface area contributed by atoms with E-state index < -0.39 is 0 Å². The summed E-state index contributed by atoms with van der Waals surface area (Å²) >= 11 is 0. The zero-order valence-corrected chi connectivity index (χ0v) is 23.9. The van der Waals surface area contributed by atoms with E-state index in [2.05, 4.69) is 55.6 Å². The minimum atomic E-state index is -0.341. The molecule has 0 fully saturated rings. The highest BCUT2D eigenvalue weighted by Gasteiger charge is 2.34. The summed E-state index contributed by atoms with van der Waals surface area (Å²) in [6, 6.07) is 16.4. The first-order valence-corrected chi connectivity index (χ1v) is 13.9. The van der Waals surface area contributed by atoms with Gasteiger partial charge in [-0.15, -0.1) is 0 Å². The number of ketones is 1. The molecule has 3 aliphatic rings. The molecule has 1 atom stereocenters. The number of amides is 1. The Morgan fingerprint density at radius 3 is 2.29 bits per heavy atom. The number of nitrogens with zero attached hydrogens (tertiary/aromatic N) is 1. The third-order valence-corrected chi connectivity index (χ3v) is 8.07. The number of fused-ring (bicyclic) bond motifs is 5. The van der Waals surface area contributed by atoms with E-state index in [0.29, 0.717) is 12.0 Å². The maximum absolute atomic E-state index is 13.4. The topological polar surface area (TPSA) is 49.4 Å². The molecular weight excluding hydrogens is 511 g/mol. The molecule has 208 valence electrons. The second-order valence-corrected chi connectivity index (χ2v) is 11.3. The summed E-state index contributed by atoms with van der Waals surface area (Å²) in [7, 11) is 1.79. The largest absolute Gasteiger partial charge is 0.368 e. The van der Waals surface area contributed by atoms with Gasteiger partial charge in [0.15, 0.2) is 5.78 Å². The molecule has 1 unspecified atom stereocenters. The molecule has 0 saturated carbocycles. The summed E-state index contributed by atoms with van der Waals surface area (Å²) in [5, 5.41) is 5.19. The molecule has 5 heteroatoms. The standard InChI is InChI=1S/C30H28FNO2.C6H7N/c1-18(33)32(4)23-11-7-19-8-12-25-24(26(19)16-23)13-14-28-27(25)15-21(17-30(28,2)3)29(34)20-5-9-22(31)10-6-20;1-2-4-6-7-5-3-1/h5-7,9-16,21H,8,17H2,1-4H3;1-7H. The van der Waals surface area contributed by atoms with Crippen LogP contribution in [0.2, 0.25) is 0 Å². The quantitative estimate of drug-likeness (QED) is 0.414. The van der Waals surface area contributed by atoms with Crippen molar-refractivity contribution in [2.45, 2.75) is 39.0 Å². The zero-order chi connectivity index (χ0) is 29.1. The van der Waals surface area contributed by atoms with Crippen molar-refractivity contribution in [3.63, 3.8) is 0 Å². The molecule has 0 bridgehead atoms. The Hall–Kier alpha value is -4.51. The van der Waals surface area contributed by atoms with Crippen molar-refractivity contribution in [3.8, 4) is 11.1 Å². The number of anilines is 1. The average molecular weight is 547 g/mol. The fourth-order valence-electron chi connectivity index (χ4n) is 5.78. The first-order chi connectivity index (χ1) is 19.7. The molecule has 1 N–H and O–H groups in total. The van der Waals surface area contributed by atoms with Crippen LogP contribution >= 0.6 is 0 Å². The number of allylic oxidation sites excluding steroid dienone is 4. The van der Waals surface area contributed by atoms with Crippen molar-refractivity contribution in [2.24, 2.45) is 5.92 Å². The van der Waals surface area contributed by atoms with Crippen LogP contribution in [-0.2, 0) is 16.6 Å². The molecule has 0 radical (unpaired) electrons. The fraction of sp³-hybridized carbons (Fsp3) is 0.222. The Morgan fingerprint density at radius 1 is 0.902 bits per heavy atom. The molecule has 0 saturated heterocycles. The molecule has 2 aliphatic carbocycles. The Bertz CT molecular complexity index is 1700. The van der Waals surface area contributed by atoms with Crippen molar-refractivity contribution in [2.75, 3.05) is 11.9 Å². The number of hydrogen-bond donors (Lipinski definition) is 1. The van der Waals surface area contributed by atoms with Crippen LogP contribution in [0.3, 0.4) is 0 Å². The SMILES string of the molecule is C1=CC=CNC=C1.CC(=O)N(C)c1ccc2c(c1)-c1ccc3c(c1=CC2)=CC(C(=O)c1ccc(F)cc1)CC3(C)C. The number of Topliss-reactive ketones (excluding diaryl/α,β-unsaturated/α-hetero) is 1. The molecule has 1 aliphatic heterocycles. The van der Waals surface area contributed by atoms with E-state index in [1.165, 1.54) is 23.3 Å². The first-order valence-electron chi connectivity index (χ1n) is 13.9. The summed E-state index contributed by atoms with van der Waals surface area (Å²) in [6.07, 6.45) is 17.4. The van der Waals surface area contributed by atoms with Crippen LogP contribution in [0.1, 0.15) is 48.7 Å². The molecule has 3 aromatic rings. The van der Waals surface area contributed by atoms with Gasteiger partial charge in [0.1, 0.15) is 5.82 Å². The van der Waals surface area contributed by atoms with Gasteiger partial charge in [-0.3, -0.25) is 9.59 Å². The lowest BCUT2D eigenvalue weighted by Crippen LogP contribution is -2.43. The molecule has 0 aromatic heterocycles. The number of carbonyl (C=O) groups excluding carboxylic acids is 2. The van der Waals surface area contributed by atoms with Crippen LogP contribution in [0.5, 0.6) is 0 Å². The number of benzene rings is 3. The van der Waals surface area contributed by atoms with E-state index in [9.17, 15) is 14.0 Å². The van der Waals surface area contributed by atoms with Gasteiger partial charge >= 0.3 is 0 Å². The third-order valence-electron chi connectivity index (χ3n) is 8.07. The Morgan fingerprint density at radius 2 is 1.61 bits per heavy atom. The van der Waals surface area contributed by atoms with Crippen molar-refractivity contribution in [3.05, 3.63) is 124 Å². The van der Waals surface area contributed by atoms with E-state index in [4.69, 9.17) is 0 Å². The highest BCUT2D eigenvalue weighted by atomic mass is 19.1. The second kappa shape index (κ2) is 11.5. The van der Waals surface area contributed by atoms with Crippen LogP contribution < -0.4 is 20.7 Å². The molecule has 1 heterocycles. The van der Waals surface area contributed by atoms with Gasteiger partial charge in [0.25, 0.3) is 0 Å². The summed E-state index contributed by atoms with van der Waals surface area (Å²) in [6.45, 7) is 5.94. The summed E-state index contributed by atoms with van der Waals surface area (Å²) in [4.78, 5) is 26.9. The molecule has 4 nitrogen and oxygen atoms in total. The van der Waals surface area contributed by atoms with Gasteiger partial charge in [-0.05, 0) is 99.5 Å². The molecule has 41 heavy (non-hydrogen) atoms. The van der Waals surface area contributed by atoms with Crippen molar-refractivity contribution >= 4 is 29.5 Å². The highest BCUT2D eigenvalue weighted by molar-refractivity contribution is 6.01. The van der Waals surface area contributed by atoms with Gasteiger partial charge in [0.2, 0.25) is 5.91 Å². The minimum absolute atomic E-state index is 0.00906. The maximum Gasteiger partial charge on any atom is 0.223 e. The predicted molar refractivity (Wildman–Crippen MR) is 165 cm³/mol. The molecule has 1 amide bonds. The smallest absolute Gasteiger partial charge is 0.223 e. The Labute approximate surface area is 240 Å². The average Bonchev–Trinajstić information content (AvgIpc) is 3.29. The van der Waals surface area contributed by atoms with Gasteiger partial charge in [-0.2, -0.15) is 0 Å². The maximum atomic E-state index is 13.4. The van der Waals surface area contributed by atoms with Gasteiger partial charge in [0.05, 0.1) is 0 Å². The van der Waals surface area contributed by atoms with E-state index in [0.717, 1.165) is 33.7 Å². The Kier molecular flexibility index (Phi) is 7.89. The van der Waals surface area contributed by atoms with Gasteiger partial charge in [0, 0.05) is 43.5 Å². The molecular formula is C36H35FN2O2. The fourth-order valence-corrected chi connectivity index (χ4v) is 5.78. The molecule has 0 spiro atoms. The van der Waals surface area contributed by atoms with Crippen LogP contribution in [-0.4, -0.2) is 18.7 Å². The van der Waals surface area contributed by atoms with E-state index in [1.807, 2.05) is 42.8 Å². The number of carbonyl (C=O) groups is 2. The van der Waals surface area contributed by atoms with Crippen molar-refractivity contribution in [1.82, 2.24) is 5.32 Å². The van der Waals surface area contributed by atoms with E-state index in [-0.39, 0.29) is 28.8 Å². The summed E-state index contributed by atoms with van der Waals surface area (Å²) < 4.78 is 13.4. The summed E-state index contributed by atoms with van der Waals surface area (Å²) in [5.74, 6) is -0.598. The summed E-state index contributed by atoms with van der Waals surface area (Å²) in [5.41, 5.74) is 5.95. The van der Waals surface area contributed by atoms with Crippen molar-refractivity contribution in [1.29, 1.82) is 0 Å². The lowest BCUT2D eigenvalue weighted by molar-refractivity contribution is -0.116. The minimum Gasteiger partial charge on any atom is -0.368 e. The molecule has 6 rings (SSSR count). The first kappa shape index (κ1) is 28.0.